The predicted molar refractivity (Wildman–Crippen MR) is 145 cm³/mol. The van der Waals surface area contributed by atoms with Gasteiger partial charge in [0, 0.05) is 31.9 Å². The van der Waals surface area contributed by atoms with E-state index in [1.807, 2.05) is 62.4 Å². The number of anilines is 1. The number of carbonyl (C=O) groups excluding carboxylic acids is 1. The van der Waals surface area contributed by atoms with Crippen molar-refractivity contribution >= 4 is 11.7 Å². The first-order chi connectivity index (χ1) is 18.2. The highest BCUT2D eigenvalue weighted by molar-refractivity contribution is 5.82. The van der Waals surface area contributed by atoms with Crippen LogP contribution in [-0.4, -0.2) is 50.2 Å². The topological polar surface area (TPSA) is 32.8 Å². The first-order valence-corrected chi connectivity index (χ1v) is 13.2. The van der Waals surface area contributed by atoms with Gasteiger partial charge in [-0.3, -0.25) is 9.69 Å². The number of alkyl halides is 3. The first-order valence-electron chi connectivity index (χ1n) is 13.2. The van der Waals surface area contributed by atoms with Crippen LogP contribution in [0.3, 0.4) is 0 Å². The third-order valence-electron chi connectivity index (χ3n) is 7.42. The summed E-state index contributed by atoms with van der Waals surface area (Å²) >= 11 is 0. The highest BCUT2D eigenvalue weighted by Gasteiger charge is 2.36. The Kier molecular flexibility index (Phi) is 8.77. The zero-order valence-corrected chi connectivity index (χ0v) is 22.0. The van der Waals surface area contributed by atoms with Gasteiger partial charge >= 0.3 is 12.1 Å². The monoisotopic (exact) mass is 524 g/mol. The van der Waals surface area contributed by atoms with Crippen LogP contribution in [0.25, 0.3) is 11.1 Å². The molecule has 38 heavy (non-hydrogen) atoms. The van der Waals surface area contributed by atoms with Crippen LogP contribution >= 0.6 is 0 Å². The molecular weight excluding hydrogens is 489 g/mol. The molecule has 0 amide bonds. The first kappa shape index (κ1) is 27.7. The van der Waals surface area contributed by atoms with Crippen molar-refractivity contribution in [3.63, 3.8) is 0 Å². The van der Waals surface area contributed by atoms with Crippen LogP contribution in [-0.2, 0) is 21.1 Å². The Morgan fingerprint density at radius 2 is 1.58 bits per heavy atom. The molecule has 0 aliphatic carbocycles. The van der Waals surface area contributed by atoms with Crippen molar-refractivity contribution in [1.29, 1.82) is 0 Å². The van der Waals surface area contributed by atoms with Crippen LogP contribution < -0.4 is 4.90 Å². The quantitative estimate of drug-likeness (QED) is 0.289. The molecule has 1 fully saturated rings. The lowest BCUT2D eigenvalue weighted by Gasteiger charge is -2.37. The minimum absolute atomic E-state index is 0.192. The maximum Gasteiger partial charge on any atom is 0.417 e. The molecular formula is C31H35F3N2O2. The number of hydrogen-bond acceptors (Lipinski definition) is 4. The van der Waals surface area contributed by atoms with Crippen molar-refractivity contribution in [2.75, 3.05) is 44.2 Å². The second-order valence-electron chi connectivity index (χ2n) is 9.94. The summed E-state index contributed by atoms with van der Waals surface area (Å²) in [5, 5.41) is 0. The lowest BCUT2D eigenvalue weighted by molar-refractivity contribution is -0.150. The average Bonchev–Trinajstić information content (AvgIpc) is 2.93. The van der Waals surface area contributed by atoms with Gasteiger partial charge in [-0.2, -0.15) is 13.2 Å². The highest BCUT2D eigenvalue weighted by atomic mass is 19.4. The van der Waals surface area contributed by atoms with Crippen molar-refractivity contribution in [2.24, 2.45) is 0 Å². The molecule has 1 atom stereocenters. The second-order valence-corrected chi connectivity index (χ2v) is 9.94. The smallest absolute Gasteiger partial charge is 0.417 e. The molecule has 4 rings (SSSR count). The zero-order chi connectivity index (χ0) is 27.2. The third-order valence-corrected chi connectivity index (χ3v) is 7.42. The van der Waals surface area contributed by atoms with Gasteiger partial charge in [-0.15, -0.1) is 0 Å². The number of benzene rings is 3. The Hall–Kier alpha value is -3.32. The highest BCUT2D eigenvalue weighted by Crippen LogP contribution is 2.38. The summed E-state index contributed by atoms with van der Waals surface area (Å²) in [5.74, 6) is -0.192. The molecule has 0 radical (unpaired) electrons. The molecule has 4 nitrogen and oxygen atoms in total. The van der Waals surface area contributed by atoms with Crippen LogP contribution in [0, 0.1) is 0 Å². The molecule has 3 aromatic carbocycles. The summed E-state index contributed by atoms with van der Waals surface area (Å²) < 4.78 is 46.0. The second kappa shape index (κ2) is 12.0. The molecule has 0 saturated carbocycles. The fraction of sp³-hybridized carbons (Fsp3) is 0.387. The molecule has 202 valence electrons. The summed E-state index contributed by atoms with van der Waals surface area (Å²) in [7, 11) is 0. The van der Waals surface area contributed by atoms with E-state index in [2.05, 4.69) is 9.80 Å². The van der Waals surface area contributed by atoms with E-state index in [4.69, 9.17) is 4.74 Å². The molecule has 0 aromatic heterocycles. The number of hydrogen-bond donors (Lipinski definition) is 0. The Bertz CT molecular complexity index is 1210. The summed E-state index contributed by atoms with van der Waals surface area (Å²) in [6.45, 7) is 8.29. The van der Waals surface area contributed by atoms with E-state index in [9.17, 15) is 18.0 Å². The number of ether oxygens (including phenoxy) is 1. The Morgan fingerprint density at radius 1 is 0.895 bits per heavy atom. The summed E-state index contributed by atoms with van der Waals surface area (Å²) in [5.41, 5.74) is 1.35. The van der Waals surface area contributed by atoms with Gasteiger partial charge in [-0.05, 0) is 68.1 Å². The largest absolute Gasteiger partial charge is 0.465 e. The Labute approximate surface area is 223 Å². The molecule has 0 bridgehead atoms. The fourth-order valence-electron chi connectivity index (χ4n) is 5.20. The van der Waals surface area contributed by atoms with Gasteiger partial charge < -0.3 is 9.64 Å². The van der Waals surface area contributed by atoms with Crippen LogP contribution in [0.4, 0.5) is 18.9 Å². The van der Waals surface area contributed by atoms with E-state index in [1.54, 1.807) is 12.1 Å². The molecule has 0 spiro atoms. The molecule has 3 aromatic rings. The van der Waals surface area contributed by atoms with Gasteiger partial charge in [0.2, 0.25) is 0 Å². The normalized spacial score (nSPS) is 16.2. The van der Waals surface area contributed by atoms with Crippen molar-refractivity contribution in [3.05, 3.63) is 90.0 Å². The van der Waals surface area contributed by atoms with E-state index in [-0.39, 0.29) is 11.5 Å². The minimum atomic E-state index is -4.40. The van der Waals surface area contributed by atoms with Crippen LogP contribution in [0.2, 0.25) is 0 Å². The van der Waals surface area contributed by atoms with E-state index >= 15 is 0 Å². The van der Waals surface area contributed by atoms with E-state index in [0.29, 0.717) is 18.6 Å². The average molecular weight is 525 g/mol. The molecule has 7 heteroatoms. The molecule has 1 unspecified atom stereocenters. The number of rotatable bonds is 9. The molecule has 1 saturated heterocycles. The SMILES string of the molecule is CCOC(=O)C(C)(CCCN1CCN(c2cccc(-c3ccccc3C(F)(F)F)c2)CC1)c1ccccc1. The number of nitrogens with zero attached hydrogens (tertiary/aromatic N) is 2. The van der Waals surface area contributed by atoms with Gasteiger partial charge in [0.25, 0.3) is 0 Å². The van der Waals surface area contributed by atoms with Crippen molar-refractivity contribution in [1.82, 2.24) is 4.90 Å². The van der Waals surface area contributed by atoms with Gasteiger partial charge in [-0.25, -0.2) is 0 Å². The van der Waals surface area contributed by atoms with Crippen molar-refractivity contribution in [3.8, 4) is 11.1 Å². The van der Waals surface area contributed by atoms with Crippen molar-refractivity contribution < 1.29 is 22.7 Å². The predicted octanol–water partition coefficient (Wildman–Crippen LogP) is 6.80. The van der Waals surface area contributed by atoms with E-state index < -0.39 is 17.2 Å². The summed E-state index contributed by atoms with van der Waals surface area (Å²) in [6.07, 6.45) is -2.85. The Balaban J connectivity index is 1.36. The van der Waals surface area contributed by atoms with Crippen LogP contribution in [0.1, 0.15) is 37.8 Å². The van der Waals surface area contributed by atoms with Crippen molar-refractivity contribution in [2.45, 2.75) is 38.3 Å². The number of piperazine rings is 1. The molecule has 1 heterocycles. The van der Waals surface area contributed by atoms with E-state index in [0.717, 1.165) is 56.5 Å². The van der Waals surface area contributed by atoms with Crippen LogP contribution in [0.5, 0.6) is 0 Å². The fourth-order valence-corrected chi connectivity index (χ4v) is 5.20. The maximum atomic E-state index is 13.5. The number of esters is 1. The van der Waals surface area contributed by atoms with Crippen LogP contribution in [0.15, 0.2) is 78.9 Å². The van der Waals surface area contributed by atoms with E-state index in [1.165, 1.54) is 12.1 Å². The minimum Gasteiger partial charge on any atom is -0.465 e. The van der Waals surface area contributed by atoms with Gasteiger partial charge in [-0.1, -0.05) is 60.7 Å². The molecule has 1 aliphatic rings. The van der Waals surface area contributed by atoms with Gasteiger partial charge in [0.1, 0.15) is 0 Å². The Morgan fingerprint density at radius 3 is 2.26 bits per heavy atom. The van der Waals surface area contributed by atoms with Gasteiger partial charge in [0.15, 0.2) is 0 Å². The standard InChI is InChI=1S/C31H35F3N2O2/c1-3-38-29(37)30(2,25-12-5-4-6-13-25)17-10-18-35-19-21-36(22-20-35)26-14-9-11-24(23-26)27-15-7-8-16-28(27)31(32,33)34/h4-9,11-16,23H,3,10,17-22H2,1-2H3. The molecule has 0 N–H and O–H groups in total. The lowest BCUT2D eigenvalue weighted by Crippen LogP contribution is -2.47. The molecule has 1 aliphatic heterocycles. The lowest BCUT2D eigenvalue weighted by atomic mass is 9.78. The maximum absolute atomic E-state index is 13.5. The number of halogens is 3. The summed E-state index contributed by atoms with van der Waals surface area (Å²) in [4.78, 5) is 17.5. The zero-order valence-electron chi connectivity index (χ0n) is 22.0. The van der Waals surface area contributed by atoms with Gasteiger partial charge in [0.05, 0.1) is 17.6 Å². The third kappa shape index (κ3) is 6.38. The summed E-state index contributed by atoms with van der Waals surface area (Å²) in [6, 6.07) is 22.9. The number of carbonyl (C=O) groups is 1.